The van der Waals surface area contributed by atoms with Crippen LogP contribution < -0.4 is 4.74 Å². The van der Waals surface area contributed by atoms with Gasteiger partial charge in [0.15, 0.2) is 0 Å². The number of benzene rings is 1. The van der Waals surface area contributed by atoms with Crippen LogP contribution in [-0.4, -0.2) is 46.0 Å². The minimum atomic E-state index is -0.272. The van der Waals surface area contributed by atoms with Gasteiger partial charge in [-0.2, -0.15) is 5.10 Å². The first-order valence-electron chi connectivity index (χ1n) is 8.23. The molecule has 0 saturated carbocycles. The van der Waals surface area contributed by atoms with Crippen molar-refractivity contribution in [1.82, 2.24) is 15.1 Å². The van der Waals surface area contributed by atoms with Crippen molar-refractivity contribution in [2.45, 2.75) is 30.8 Å². The van der Waals surface area contributed by atoms with Crippen molar-refractivity contribution < 1.29 is 13.9 Å². The molecule has 132 valence electrons. The Labute approximate surface area is 150 Å². The van der Waals surface area contributed by atoms with Gasteiger partial charge in [0.2, 0.25) is 11.8 Å². The quantitative estimate of drug-likeness (QED) is 0.766. The summed E-state index contributed by atoms with van der Waals surface area (Å²) in [6.45, 7) is 3.16. The lowest BCUT2D eigenvalue weighted by molar-refractivity contribution is -0.130. The molecule has 0 spiro atoms. The Kier molecular flexibility index (Phi) is 5.86. The standard InChI is InChI=1S/C18H20FN3O2S/c1-13-4-9-17(21-20-13)24-15-3-2-10-22(11-15)18(23)12-25-16-7-5-14(19)6-8-16/h4-9,15H,2-3,10-12H2,1H3. The van der Waals surface area contributed by atoms with Crippen LogP contribution in [0.4, 0.5) is 4.39 Å². The summed E-state index contributed by atoms with van der Waals surface area (Å²) in [7, 11) is 0. The van der Waals surface area contributed by atoms with E-state index >= 15 is 0 Å². The van der Waals surface area contributed by atoms with Gasteiger partial charge in [-0.05, 0) is 50.1 Å². The van der Waals surface area contributed by atoms with Crippen molar-refractivity contribution in [3.05, 3.63) is 47.9 Å². The molecular formula is C18H20FN3O2S. The molecule has 1 aromatic heterocycles. The van der Waals surface area contributed by atoms with Crippen LogP contribution in [-0.2, 0) is 4.79 Å². The minimum absolute atomic E-state index is 0.0643. The molecule has 1 fully saturated rings. The van der Waals surface area contributed by atoms with E-state index in [2.05, 4.69) is 10.2 Å². The zero-order valence-corrected chi connectivity index (χ0v) is 14.8. The molecular weight excluding hydrogens is 341 g/mol. The van der Waals surface area contributed by atoms with E-state index in [1.165, 1.54) is 23.9 Å². The van der Waals surface area contributed by atoms with Crippen LogP contribution in [0.5, 0.6) is 5.88 Å². The largest absolute Gasteiger partial charge is 0.471 e. The van der Waals surface area contributed by atoms with Gasteiger partial charge in [-0.15, -0.1) is 16.9 Å². The van der Waals surface area contributed by atoms with E-state index in [-0.39, 0.29) is 17.8 Å². The molecule has 2 aromatic rings. The first-order chi connectivity index (χ1) is 12.1. The molecule has 0 N–H and O–H groups in total. The van der Waals surface area contributed by atoms with E-state index in [0.29, 0.717) is 18.2 Å². The highest BCUT2D eigenvalue weighted by molar-refractivity contribution is 8.00. The molecule has 1 unspecified atom stereocenters. The summed E-state index contributed by atoms with van der Waals surface area (Å²) in [5.74, 6) is 0.622. The second-order valence-corrected chi connectivity index (χ2v) is 7.03. The van der Waals surface area contributed by atoms with Crippen molar-refractivity contribution in [3.8, 4) is 5.88 Å². The van der Waals surface area contributed by atoms with Gasteiger partial charge in [-0.25, -0.2) is 4.39 Å². The zero-order chi connectivity index (χ0) is 17.6. The van der Waals surface area contributed by atoms with Crippen LogP contribution in [0, 0.1) is 12.7 Å². The predicted octanol–water partition coefficient (Wildman–Crippen LogP) is 3.09. The smallest absolute Gasteiger partial charge is 0.233 e. The molecule has 0 aliphatic carbocycles. The molecule has 0 radical (unpaired) electrons. The van der Waals surface area contributed by atoms with Crippen molar-refractivity contribution in [3.63, 3.8) is 0 Å². The number of carbonyl (C=O) groups excluding carboxylic acids is 1. The zero-order valence-electron chi connectivity index (χ0n) is 14.0. The van der Waals surface area contributed by atoms with Crippen LogP contribution in [0.1, 0.15) is 18.5 Å². The van der Waals surface area contributed by atoms with E-state index in [1.54, 1.807) is 18.2 Å². The Balaban J connectivity index is 1.50. The normalized spacial score (nSPS) is 17.4. The number of thioether (sulfide) groups is 1. The first-order valence-corrected chi connectivity index (χ1v) is 9.22. The number of halogens is 1. The molecule has 0 bridgehead atoms. The summed E-state index contributed by atoms with van der Waals surface area (Å²) in [4.78, 5) is 15.1. The number of aryl methyl sites for hydroxylation is 1. The number of ether oxygens (including phenoxy) is 1. The Hall–Kier alpha value is -2.15. The molecule has 1 aliphatic rings. The highest BCUT2D eigenvalue weighted by atomic mass is 32.2. The van der Waals surface area contributed by atoms with Crippen LogP contribution in [0.15, 0.2) is 41.3 Å². The Morgan fingerprint density at radius 2 is 2.08 bits per heavy atom. The number of nitrogens with zero attached hydrogens (tertiary/aromatic N) is 3. The van der Waals surface area contributed by atoms with Gasteiger partial charge in [-0.1, -0.05) is 0 Å². The Morgan fingerprint density at radius 3 is 2.80 bits per heavy atom. The highest BCUT2D eigenvalue weighted by Gasteiger charge is 2.25. The van der Waals surface area contributed by atoms with E-state index in [1.807, 2.05) is 17.9 Å². The fourth-order valence-corrected chi connectivity index (χ4v) is 3.45. The fraction of sp³-hybridized carbons (Fsp3) is 0.389. The third kappa shape index (κ3) is 5.16. The van der Waals surface area contributed by atoms with E-state index < -0.39 is 0 Å². The lowest BCUT2D eigenvalue weighted by Crippen LogP contribution is -2.45. The van der Waals surface area contributed by atoms with E-state index in [9.17, 15) is 9.18 Å². The number of amides is 1. The summed E-state index contributed by atoms with van der Waals surface area (Å²) in [5, 5.41) is 8.00. The topological polar surface area (TPSA) is 55.3 Å². The number of hydrogen-bond acceptors (Lipinski definition) is 5. The monoisotopic (exact) mass is 361 g/mol. The summed E-state index contributed by atoms with van der Waals surface area (Å²) in [5.41, 5.74) is 0.839. The third-order valence-corrected chi connectivity index (χ3v) is 4.96. The predicted molar refractivity (Wildman–Crippen MR) is 94.1 cm³/mol. The number of hydrogen-bond donors (Lipinski definition) is 0. The molecule has 25 heavy (non-hydrogen) atoms. The fourth-order valence-electron chi connectivity index (χ4n) is 2.65. The van der Waals surface area contributed by atoms with E-state index in [4.69, 9.17) is 4.74 Å². The lowest BCUT2D eigenvalue weighted by atomic mass is 10.1. The number of rotatable bonds is 5. The summed E-state index contributed by atoms with van der Waals surface area (Å²) in [6, 6.07) is 9.83. The molecule has 1 atom stereocenters. The van der Waals surface area contributed by atoms with Crippen molar-refractivity contribution in [2.24, 2.45) is 0 Å². The Bertz CT molecular complexity index is 709. The maximum atomic E-state index is 12.9. The first kappa shape index (κ1) is 17.7. The SMILES string of the molecule is Cc1ccc(OC2CCCN(C(=O)CSc3ccc(F)cc3)C2)nn1. The molecule has 3 rings (SSSR count). The van der Waals surface area contributed by atoms with Crippen LogP contribution in [0.25, 0.3) is 0 Å². The van der Waals surface area contributed by atoms with Crippen LogP contribution >= 0.6 is 11.8 Å². The van der Waals surface area contributed by atoms with Crippen LogP contribution in [0.2, 0.25) is 0 Å². The van der Waals surface area contributed by atoms with Crippen LogP contribution in [0.3, 0.4) is 0 Å². The molecule has 1 amide bonds. The molecule has 5 nitrogen and oxygen atoms in total. The second-order valence-electron chi connectivity index (χ2n) is 5.98. The highest BCUT2D eigenvalue weighted by Crippen LogP contribution is 2.21. The molecule has 1 aromatic carbocycles. The number of likely N-dealkylation sites (tertiary alicyclic amines) is 1. The maximum Gasteiger partial charge on any atom is 0.233 e. The summed E-state index contributed by atoms with van der Waals surface area (Å²) >= 11 is 1.42. The van der Waals surface area contributed by atoms with Crippen molar-refractivity contribution >= 4 is 17.7 Å². The van der Waals surface area contributed by atoms with Gasteiger partial charge >= 0.3 is 0 Å². The Morgan fingerprint density at radius 1 is 1.28 bits per heavy atom. The number of piperidine rings is 1. The van der Waals surface area contributed by atoms with Gasteiger partial charge in [0.05, 0.1) is 18.0 Å². The van der Waals surface area contributed by atoms with Gasteiger partial charge in [0.1, 0.15) is 11.9 Å². The van der Waals surface area contributed by atoms with Gasteiger partial charge in [0, 0.05) is 17.5 Å². The van der Waals surface area contributed by atoms with Gasteiger partial charge in [-0.3, -0.25) is 4.79 Å². The van der Waals surface area contributed by atoms with Crippen molar-refractivity contribution in [1.29, 1.82) is 0 Å². The number of aromatic nitrogens is 2. The van der Waals surface area contributed by atoms with Gasteiger partial charge in [0.25, 0.3) is 0 Å². The average molecular weight is 361 g/mol. The summed E-state index contributed by atoms with van der Waals surface area (Å²) < 4.78 is 18.8. The third-order valence-electron chi connectivity index (χ3n) is 3.97. The molecule has 2 heterocycles. The molecule has 1 saturated heterocycles. The minimum Gasteiger partial charge on any atom is -0.471 e. The lowest BCUT2D eigenvalue weighted by Gasteiger charge is -2.32. The molecule has 7 heteroatoms. The molecule has 1 aliphatic heterocycles. The average Bonchev–Trinajstić information content (AvgIpc) is 2.63. The maximum absolute atomic E-state index is 12.9. The second kappa shape index (κ2) is 8.29. The van der Waals surface area contributed by atoms with Gasteiger partial charge < -0.3 is 9.64 Å². The summed E-state index contributed by atoms with van der Waals surface area (Å²) in [6.07, 6.45) is 1.73. The van der Waals surface area contributed by atoms with Crippen molar-refractivity contribution in [2.75, 3.05) is 18.8 Å². The number of carbonyl (C=O) groups is 1. The van der Waals surface area contributed by atoms with E-state index in [0.717, 1.165) is 30.0 Å².